The summed E-state index contributed by atoms with van der Waals surface area (Å²) in [5.74, 6) is -0.323. The second kappa shape index (κ2) is 39.6. The first-order valence-electron chi connectivity index (χ1n) is 21.1. The zero-order chi connectivity index (χ0) is 38.9. The van der Waals surface area contributed by atoms with E-state index in [9.17, 15) is 19.4 Å². The molecule has 53 heavy (non-hydrogen) atoms. The maximum Gasteiger partial charge on any atom is 0.472 e. The summed E-state index contributed by atoms with van der Waals surface area (Å²) in [6.45, 7) is 3.93. The molecule has 0 fully saturated rings. The molecule has 0 aromatic carbocycles. The van der Waals surface area contributed by atoms with E-state index < -0.39 is 20.0 Å². The predicted octanol–water partition coefficient (Wildman–Crippen LogP) is 11.7. The van der Waals surface area contributed by atoms with Crippen LogP contribution in [0.5, 0.6) is 0 Å². The Bertz CT molecular complexity index is 1050. The van der Waals surface area contributed by atoms with E-state index >= 15 is 0 Å². The van der Waals surface area contributed by atoms with Crippen molar-refractivity contribution >= 4 is 13.7 Å². The number of nitrogens with one attached hydrogen (secondary N) is 1. The van der Waals surface area contributed by atoms with E-state index in [-0.39, 0.29) is 32.1 Å². The van der Waals surface area contributed by atoms with E-state index in [1.165, 1.54) is 96.3 Å². The lowest BCUT2D eigenvalue weighted by Gasteiger charge is -2.23. The third-order valence-corrected chi connectivity index (χ3v) is 9.80. The molecule has 0 aromatic heterocycles. The lowest BCUT2D eigenvalue weighted by Crippen LogP contribution is -2.45. The van der Waals surface area contributed by atoms with Gasteiger partial charge in [0.1, 0.15) is 0 Å². The molecule has 0 aliphatic rings. The summed E-state index contributed by atoms with van der Waals surface area (Å²) in [4.78, 5) is 22.6. The van der Waals surface area contributed by atoms with Crippen molar-refractivity contribution < 1.29 is 28.4 Å². The lowest BCUT2D eigenvalue weighted by atomic mass is 10.0. The molecule has 306 valence electrons. The minimum Gasteiger partial charge on any atom is -0.387 e. The Morgan fingerprint density at radius 3 is 1.53 bits per heavy atom. The van der Waals surface area contributed by atoms with Crippen LogP contribution in [0, 0.1) is 0 Å². The maximum absolute atomic E-state index is 12.7. The number of aliphatic hydroxyl groups is 1. The van der Waals surface area contributed by atoms with Crippen LogP contribution >= 0.6 is 7.82 Å². The van der Waals surface area contributed by atoms with Gasteiger partial charge in [-0.3, -0.25) is 13.8 Å². The lowest BCUT2D eigenvalue weighted by molar-refractivity contribution is -0.122. The van der Waals surface area contributed by atoms with Crippen molar-refractivity contribution in [2.75, 3.05) is 19.8 Å². The van der Waals surface area contributed by atoms with Crippen LogP contribution in [0.2, 0.25) is 0 Å². The van der Waals surface area contributed by atoms with Crippen LogP contribution in [0.3, 0.4) is 0 Å². The highest BCUT2D eigenvalue weighted by Crippen LogP contribution is 2.43. The molecule has 1 amide bonds. The largest absolute Gasteiger partial charge is 0.472 e. The molecule has 0 radical (unpaired) electrons. The number of hydrogen-bond acceptors (Lipinski definition) is 6. The molecule has 0 aliphatic heterocycles. The Kier molecular flexibility index (Phi) is 38.1. The highest BCUT2D eigenvalue weighted by molar-refractivity contribution is 7.47. The molecule has 0 bridgehead atoms. The molecule has 0 aliphatic carbocycles. The normalized spacial score (nSPS) is 14.9. The topological polar surface area (TPSA) is 131 Å². The number of carbonyl (C=O) groups is 1. The van der Waals surface area contributed by atoms with Gasteiger partial charge in [-0.15, -0.1) is 0 Å². The van der Waals surface area contributed by atoms with Gasteiger partial charge in [0.2, 0.25) is 5.91 Å². The number of phosphoric acid groups is 1. The summed E-state index contributed by atoms with van der Waals surface area (Å²) in [5.41, 5.74) is 5.36. The second-order valence-electron chi connectivity index (χ2n) is 13.8. The van der Waals surface area contributed by atoms with Gasteiger partial charge in [-0.05, 0) is 44.9 Å². The van der Waals surface area contributed by atoms with E-state index in [2.05, 4.69) is 67.8 Å². The quantitative estimate of drug-likeness (QED) is 0.0280. The fraction of sp³-hybridized carbons (Fsp3) is 0.705. The maximum atomic E-state index is 12.7. The second-order valence-corrected chi connectivity index (χ2v) is 15.3. The number of nitrogens with two attached hydrogens (primary N) is 1. The van der Waals surface area contributed by atoms with Gasteiger partial charge in [0, 0.05) is 13.0 Å². The van der Waals surface area contributed by atoms with Crippen LogP contribution in [-0.2, 0) is 18.4 Å². The Morgan fingerprint density at radius 2 is 1.08 bits per heavy atom. The minimum atomic E-state index is -4.37. The van der Waals surface area contributed by atoms with Gasteiger partial charge in [0.05, 0.1) is 25.4 Å². The summed E-state index contributed by atoms with van der Waals surface area (Å²) in [6.07, 6.45) is 51.2. The standard InChI is InChI=1S/C44H79N2O6P/c1-3-5-7-9-11-13-15-17-19-20-21-22-24-25-27-29-31-33-35-37-43(47)42(41-52-53(49,50)51-40-39-45)46-44(48)38-36-34-32-30-28-26-23-18-16-14-12-10-8-6-4-2/h6,8,12,14,18,23,28,30,34-37,42-43,47H,3-5,7,9-11,13,15-17,19-22,24-27,29,31-33,38-41,45H2,1-2H3,(H,46,48)(H,49,50)/b8-6-,14-12-,23-18-,30-28-,36-34-,37-35+. The first kappa shape index (κ1) is 50.9. The summed E-state index contributed by atoms with van der Waals surface area (Å²) >= 11 is 0. The summed E-state index contributed by atoms with van der Waals surface area (Å²) in [6, 6.07) is -0.918. The number of carbonyl (C=O) groups excluding carboxylic acids is 1. The first-order chi connectivity index (χ1) is 25.9. The number of aliphatic hydroxyl groups excluding tert-OH is 1. The molecular weight excluding hydrogens is 683 g/mol. The van der Waals surface area contributed by atoms with Crippen molar-refractivity contribution in [3.63, 3.8) is 0 Å². The third kappa shape index (κ3) is 38.0. The summed E-state index contributed by atoms with van der Waals surface area (Å²) in [7, 11) is -4.37. The average Bonchev–Trinajstić information content (AvgIpc) is 3.14. The van der Waals surface area contributed by atoms with Crippen LogP contribution in [0.1, 0.15) is 168 Å². The smallest absolute Gasteiger partial charge is 0.387 e. The molecule has 8 nitrogen and oxygen atoms in total. The van der Waals surface area contributed by atoms with Crippen molar-refractivity contribution in [2.24, 2.45) is 5.73 Å². The number of phosphoric ester groups is 1. The van der Waals surface area contributed by atoms with Crippen molar-refractivity contribution in [3.8, 4) is 0 Å². The Hall–Kier alpha value is -2.06. The fourth-order valence-electron chi connectivity index (χ4n) is 5.67. The Morgan fingerprint density at radius 1 is 0.642 bits per heavy atom. The summed E-state index contributed by atoms with van der Waals surface area (Å²) in [5, 5.41) is 13.6. The molecule has 0 aromatic rings. The van der Waals surface area contributed by atoms with E-state index in [0.717, 1.165) is 44.9 Å². The number of rotatable bonds is 38. The molecule has 0 heterocycles. The van der Waals surface area contributed by atoms with E-state index in [1.807, 2.05) is 12.2 Å². The van der Waals surface area contributed by atoms with Crippen molar-refractivity contribution in [1.29, 1.82) is 0 Å². The van der Waals surface area contributed by atoms with E-state index in [1.54, 1.807) is 12.2 Å². The highest BCUT2D eigenvalue weighted by atomic mass is 31.2. The fourth-order valence-corrected chi connectivity index (χ4v) is 6.43. The first-order valence-corrected chi connectivity index (χ1v) is 22.6. The van der Waals surface area contributed by atoms with Gasteiger partial charge in [0.25, 0.3) is 0 Å². The average molecular weight is 763 g/mol. The molecular formula is C44H79N2O6P. The monoisotopic (exact) mass is 763 g/mol. The Balaban J connectivity index is 4.37. The van der Waals surface area contributed by atoms with E-state index in [4.69, 9.17) is 14.8 Å². The molecule has 3 atom stereocenters. The van der Waals surface area contributed by atoms with Crippen LogP contribution in [0.15, 0.2) is 72.9 Å². The number of unbranched alkanes of at least 4 members (excludes halogenated alkanes) is 17. The molecule has 0 spiro atoms. The van der Waals surface area contributed by atoms with Crippen molar-refractivity contribution in [1.82, 2.24) is 5.32 Å². The van der Waals surface area contributed by atoms with Crippen LogP contribution in [-0.4, -0.2) is 47.8 Å². The SMILES string of the molecule is CC/C=C\C/C=C\C/C=C\C/C=C\C/C=C\CC(=O)NC(COP(=O)(O)OCCN)C(O)/C=C/CCCCCCCCCCCCCCCCCCC. The van der Waals surface area contributed by atoms with Crippen LogP contribution < -0.4 is 11.1 Å². The van der Waals surface area contributed by atoms with Gasteiger partial charge in [0.15, 0.2) is 0 Å². The van der Waals surface area contributed by atoms with Gasteiger partial charge >= 0.3 is 7.82 Å². The summed E-state index contributed by atoms with van der Waals surface area (Å²) < 4.78 is 22.1. The van der Waals surface area contributed by atoms with E-state index in [0.29, 0.717) is 6.42 Å². The molecule has 5 N–H and O–H groups in total. The highest BCUT2D eigenvalue weighted by Gasteiger charge is 2.26. The van der Waals surface area contributed by atoms with Crippen LogP contribution in [0.4, 0.5) is 0 Å². The van der Waals surface area contributed by atoms with Gasteiger partial charge in [-0.25, -0.2) is 4.57 Å². The van der Waals surface area contributed by atoms with Gasteiger partial charge < -0.3 is 21.1 Å². The number of allylic oxidation sites excluding steroid dienone is 10. The molecule has 0 saturated carbocycles. The zero-order valence-corrected chi connectivity index (χ0v) is 34.6. The number of hydrogen-bond donors (Lipinski definition) is 4. The molecule has 0 saturated heterocycles. The molecule has 3 unspecified atom stereocenters. The number of amides is 1. The van der Waals surface area contributed by atoms with Crippen LogP contribution in [0.25, 0.3) is 0 Å². The van der Waals surface area contributed by atoms with Gasteiger partial charge in [-0.1, -0.05) is 189 Å². The minimum absolute atomic E-state index is 0.0616. The molecule has 9 heteroatoms. The zero-order valence-electron chi connectivity index (χ0n) is 33.7. The Labute approximate surface area is 325 Å². The predicted molar refractivity (Wildman–Crippen MR) is 226 cm³/mol. The molecule has 0 rings (SSSR count). The van der Waals surface area contributed by atoms with Crippen molar-refractivity contribution in [3.05, 3.63) is 72.9 Å². The van der Waals surface area contributed by atoms with Crippen molar-refractivity contribution in [2.45, 2.75) is 180 Å². The van der Waals surface area contributed by atoms with Gasteiger partial charge in [-0.2, -0.15) is 0 Å². The third-order valence-electron chi connectivity index (χ3n) is 8.82.